The Morgan fingerprint density at radius 3 is 2.83 bits per heavy atom. The number of fused-ring (bicyclic) bond motifs is 1. The van der Waals surface area contributed by atoms with Gasteiger partial charge in [-0.1, -0.05) is 23.7 Å². The normalized spacial score (nSPS) is 17.3. The van der Waals surface area contributed by atoms with Gasteiger partial charge in [-0.25, -0.2) is 0 Å². The third-order valence-electron chi connectivity index (χ3n) is 4.18. The molecule has 1 aromatic carbocycles. The van der Waals surface area contributed by atoms with Crippen molar-refractivity contribution in [3.8, 4) is 11.3 Å². The number of benzene rings is 1. The van der Waals surface area contributed by atoms with E-state index in [4.69, 9.17) is 16.3 Å². The Balaban J connectivity index is 1.70. The molecule has 5 nitrogen and oxygen atoms in total. The summed E-state index contributed by atoms with van der Waals surface area (Å²) in [4.78, 5) is 4.50. The number of aromatic nitrogens is 3. The van der Waals surface area contributed by atoms with E-state index in [1.807, 2.05) is 36.4 Å². The van der Waals surface area contributed by atoms with E-state index in [1.165, 1.54) is 0 Å². The lowest BCUT2D eigenvalue weighted by Gasteiger charge is -2.13. The summed E-state index contributed by atoms with van der Waals surface area (Å²) in [5.74, 6) is 0.693. The summed E-state index contributed by atoms with van der Waals surface area (Å²) in [6, 6.07) is 11.5. The average molecular weight is 341 g/mol. The molecule has 24 heavy (non-hydrogen) atoms. The van der Waals surface area contributed by atoms with E-state index in [9.17, 15) is 0 Å². The van der Waals surface area contributed by atoms with Gasteiger partial charge in [0.2, 0.25) is 0 Å². The van der Waals surface area contributed by atoms with Crippen molar-refractivity contribution in [2.75, 3.05) is 18.5 Å². The van der Waals surface area contributed by atoms with Crippen molar-refractivity contribution in [3.63, 3.8) is 0 Å². The number of halogens is 1. The summed E-state index contributed by atoms with van der Waals surface area (Å²) in [5.41, 5.74) is 2.59. The number of nitrogens with one attached hydrogen (secondary N) is 1. The number of ether oxygens (including phenoxy) is 1. The maximum absolute atomic E-state index is 5.98. The first kappa shape index (κ1) is 15.3. The molecule has 3 aromatic rings. The molecule has 0 radical (unpaired) electrons. The van der Waals surface area contributed by atoms with Crippen LogP contribution >= 0.6 is 11.6 Å². The Kier molecular flexibility index (Phi) is 4.28. The molecular formula is C18H17ClN4O. The molecule has 1 saturated heterocycles. The first-order chi connectivity index (χ1) is 11.8. The Morgan fingerprint density at radius 1 is 1.17 bits per heavy atom. The lowest BCUT2D eigenvalue weighted by atomic mass is 10.1. The molecule has 6 heteroatoms. The number of hydrogen-bond acceptors (Lipinski definition) is 5. The van der Waals surface area contributed by atoms with Gasteiger partial charge < -0.3 is 10.1 Å². The SMILES string of the molecule is Clc1ccc(-c2nnc(NCC3CCCO3)c3ncccc23)cc1. The summed E-state index contributed by atoms with van der Waals surface area (Å²) in [7, 11) is 0. The second-order valence-corrected chi connectivity index (χ2v) is 6.26. The minimum atomic E-state index is 0.238. The van der Waals surface area contributed by atoms with Crippen LogP contribution in [0.15, 0.2) is 42.6 Å². The highest BCUT2D eigenvalue weighted by Crippen LogP contribution is 2.29. The minimum Gasteiger partial charge on any atom is -0.376 e. The third kappa shape index (κ3) is 3.05. The van der Waals surface area contributed by atoms with Crippen LogP contribution in [0.25, 0.3) is 22.2 Å². The molecule has 122 valence electrons. The van der Waals surface area contributed by atoms with Gasteiger partial charge >= 0.3 is 0 Å². The Morgan fingerprint density at radius 2 is 2.04 bits per heavy atom. The maximum Gasteiger partial charge on any atom is 0.175 e. The van der Waals surface area contributed by atoms with Crippen molar-refractivity contribution in [3.05, 3.63) is 47.6 Å². The van der Waals surface area contributed by atoms with Gasteiger partial charge in [0.1, 0.15) is 11.2 Å². The molecule has 3 heterocycles. The number of rotatable bonds is 4. The fraction of sp³-hybridized carbons (Fsp3) is 0.278. The molecule has 1 N–H and O–H groups in total. The summed E-state index contributed by atoms with van der Waals surface area (Å²) < 4.78 is 5.65. The average Bonchev–Trinajstić information content (AvgIpc) is 3.14. The van der Waals surface area contributed by atoms with Gasteiger partial charge in [0.15, 0.2) is 5.82 Å². The molecule has 1 aliphatic heterocycles. The Labute approximate surface area is 145 Å². The molecule has 4 rings (SSSR count). The van der Waals surface area contributed by atoms with Crippen LogP contribution in [0.4, 0.5) is 5.82 Å². The fourth-order valence-corrected chi connectivity index (χ4v) is 3.07. The lowest BCUT2D eigenvalue weighted by molar-refractivity contribution is 0.120. The van der Waals surface area contributed by atoms with Gasteiger partial charge in [-0.3, -0.25) is 4.98 Å². The van der Waals surface area contributed by atoms with Crippen molar-refractivity contribution in [2.45, 2.75) is 18.9 Å². The minimum absolute atomic E-state index is 0.238. The molecule has 1 unspecified atom stereocenters. The maximum atomic E-state index is 5.98. The molecule has 1 aliphatic rings. The van der Waals surface area contributed by atoms with E-state index >= 15 is 0 Å². The summed E-state index contributed by atoms with van der Waals surface area (Å²) in [5, 5.41) is 13.8. The summed E-state index contributed by atoms with van der Waals surface area (Å²) in [6.45, 7) is 1.56. The largest absolute Gasteiger partial charge is 0.376 e. The van der Waals surface area contributed by atoms with Crippen LogP contribution in [0, 0.1) is 0 Å². The van der Waals surface area contributed by atoms with Gasteiger partial charge in [0.05, 0.1) is 6.10 Å². The van der Waals surface area contributed by atoms with Gasteiger partial charge in [-0.05, 0) is 37.1 Å². The van der Waals surface area contributed by atoms with Crippen LogP contribution in [0.3, 0.4) is 0 Å². The van der Waals surface area contributed by atoms with E-state index in [-0.39, 0.29) is 6.10 Å². The zero-order valence-electron chi connectivity index (χ0n) is 13.1. The van der Waals surface area contributed by atoms with Crippen LogP contribution in [-0.4, -0.2) is 34.4 Å². The molecule has 0 spiro atoms. The monoisotopic (exact) mass is 340 g/mol. The molecule has 0 aliphatic carbocycles. The number of pyridine rings is 1. The van der Waals surface area contributed by atoms with E-state index in [0.717, 1.165) is 48.2 Å². The predicted molar refractivity (Wildman–Crippen MR) is 95.2 cm³/mol. The first-order valence-electron chi connectivity index (χ1n) is 8.04. The Hall–Kier alpha value is -2.24. The molecular weight excluding hydrogens is 324 g/mol. The van der Waals surface area contributed by atoms with E-state index in [0.29, 0.717) is 10.8 Å². The highest BCUT2D eigenvalue weighted by atomic mass is 35.5. The third-order valence-corrected chi connectivity index (χ3v) is 4.43. The van der Waals surface area contributed by atoms with Crippen LogP contribution in [-0.2, 0) is 4.74 Å². The van der Waals surface area contributed by atoms with Crippen molar-refractivity contribution in [2.24, 2.45) is 0 Å². The van der Waals surface area contributed by atoms with Crippen LogP contribution in [0.5, 0.6) is 0 Å². The van der Waals surface area contributed by atoms with Gasteiger partial charge in [0.25, 0.3) is 0 Å². The van der Waals surface area contributed by atoms with Crippen LogP contribution in [0.2, 0.25) is 5.02 Å². The second-order valence-electron chi connectivity index (χ2n) is 5.82. The van der Waals surface area contributed by atoms with E-state index in [1.54, 1.807) is 6.20 Å². The quantitative estimate of drug-likeness (QED) is 0.779. The smallest absolute Gasteiger partial charge is 0.175 e. The molecule has 2 aromatic heterocycles. The van der Waals surface area contributed by atoms with Crippen LogP contribution < -0.4 is 5.32 Å². The van der Waals surface area contributed by atoms with Crippen molar-refractivity contribution < 1.29 is 4.74 Å². The highest BCUT2D eigenvalue weighted by molar-refractivity contribution is 6.30. The molecule has 0 amide bonds. The van der Waals surface area contributed by atoms with Gasteiger partial charge in [0, 0.05) is 35.3 Å². The fourth-order valence-electron chi connectivity index (χ4n) is 2.94. The predicted octanol–water partition coefficient (Wildman–Crippen LogP) is 3.94. The first-order valence-corrected chi connectivity index (χ1v) is 8.42. The Bertz CT molecular complexity index is 847. The molecule has 1 atom stereocenters. The molecule has 1 fully saturated rings. The van der Waals surface area contributed by atoms with Crippen molar-refractivity contribution >= 4 is 28.3 Å². The highest BCUT2D eigenvalue weighted by Gasteiger charge is 2.17. The lowest BCUT2D eigenvalue weighted by Crippen LogP contribution is -2.19. The second kappa shape index (κ2) is 6.71. The van der Waals surface area contributed by atoms with Gasteiger partial charge in [-0.2, -0.15) is 0 Å². The summed E-state index contributed by atoms with van der Waals surface area (Å²) in [6.07, 6.45) is 4.20. The van der Waals surface area contributed by atoms with Gasteiger partial charge in [-0.15, -0.1) is 10.2 Å². The van der Waals surface area contributed by atoms with E-state index in [2.05, 4.69) is 20.5 Å². The van der Waals surface area contributed by atoms with Crippen LogP contribution in [0.1, 0.15) is 12.8 Å². The van der Waals surface area contributed by atoms with E-state index < -0.39 is 0 Å². The summed E-state index contributed by atoms with van der Waals surface area (Å²) >= 11 is 5.98. The standard InChI is InChI=1S/C18H17ClN4O/c19-13-7-5-12(6-8-13)16-15-4-1-9-20-17(15)18(23-22-16)21-11-14-3-2-10-24-14/h1,4-9,14H,2-3,10-11H2,(H,21,23). The number of nitrogens with zero attached hydrogens (tertiary/aromatic N) is 3. The molecule has 0 bridgehead atoms. The zero-order valence-corrected chi connectivity index (χ0v) is 13.8. The van der Waals surface area contributed by atoms with Crippen molar-refractivity contribution in [1.82, 2.24) is 15.2 Å². The number of anilines is 1. The topological polar surface area (TPSA) is 59.9 Å². The van der Waals surface area contributed by atoms with Crippen molar-refractivity contribution in [1.29, 1.82) is 0 Å². The zero-order chi connectivity index (χ0) is 16.4. The molecule has 0 saturated carbocycles. The number of hydrogen-bond donors (Lipinski definition) is 1.